The molecule has 0 spiro atoms. The molecule has 16 heavy (non-hydrogen) atoms. The number of primary amides is 1. The Balaban J connectivity index is 4.00. The lowest BCUT2D eigenvalue weighted by Gasteiger charge is -2.13. The Morgan fingerprint density at radius 3 is 2.38 bits per heavy atom. The van der Waals surface area contributed by atoms with E-state index in [0.717, 1.165) is 0 Å². The molecule has 8 heteroatoms. The number of carbonyl (C=O) groups excluding carboxylic acids is 2. The van der Waals surface area contributed by atoms with Crippen molar-refractivity contribution in [1.82, 2.24) is 5.32 Å². The zero-order valence-electron chi connectivity index (χ0n) is 8.78. The SMILES string of the molecule is NC(=O)C(CCCN=C(N)N)NC(=O)CI. The summed E-state index contributed by atoms with van der Waals surface area (Å²) in [5.41, 5.74) is 15.4. The molecule has 0 rings (SSSR count). The minimum Gasteiger partial charge on any atom is -0.370 e. The Morgan fingerprint density at radius 2 is 1.94 bits per heavy atom. The second-order valence-electron chi connectivity index (χ2n) is 3.10. The second kappa shape index (κ2) is 8.13. The van der Waals surface area contributed by atoms with Gasteiger partial charge >= 0.3 is 0 Å². The fourth-order valence-corrected chi connectivity index (χ4v) is 1.24. The summed E-state index contributed by atoms with van der Waals surface area (Å²) in [4.78, 5) is 25.8. The van der Waals surface area contributed by atoms with Crippen LogP contribution in [0.15, 0.2) is 4.99 Å². The second-order valence-corrected chi connectivity index (χ2v) is 3.87. The van der Waals surface area contributed by atoms with Gasteiger partial charge < -0.3 is 22.5 Å². The van der Waals surface area contributed by atoms with E-state index in [2.05, 4.69) is 10.3 Å². The van der Waals surface area contributed by atoms with Crippen molar-refractivity contribution in [2.75, 3.05) is 11.0 Å². The van der Waals surface area contributed by atoms with Crippen molar-refractivity contribution in [2.24, 2.45) is 22.2 Å². The highest BCUT2D eigenvalue weighted by molar-refractivity contribution is 14.1. The number of halogens is 1. The van der Waals surface area contributed by atoms with Crippen LogP contribution < -0.4 is 22.5 Å². The summed E-state index contributed by atoms with van der Waals surface area (Å²) in [5, 5.41) is 2.52. The van der Waals surface area contributed by atoms with Gasteiger partial charge in [-0.15, -0.1) is 0 Å². The molecule has 0 aromatic heterocycles. The highest BCUT2D eigenvalue weighted by Gasteiger charge is 2.16. The molecule has 0 aliphatic rings. The first-order valence-corrected chi connectivity index (χ1v) is 6.20. The Kier molecular flexibility index (Phi) is 7.60. The monoisotopic (exact) mass is 341 g/mol. The van der Waals surface area contributed by atoms with Crippen molar-refractivity contribution >= 4 is 40.4 Å². The van der Waals surface area contributed by atoms with Gasteiger partial charge in [-0.05, 0) is 12.8 Å². The molecule has 1 atom stereocenters. The van der Waals surface area contributed by atoms with Crippen LogP contribution in [0.1, 0.15) is 12.8 Å². The lowest BCUT2D eigenvalue weighted by Crippen LogP contribution is -2.44. The normalized spacial score (nSPS) is 11.6. The summed E-state index contributed by atoms with van der Waals surface area (Å²) in [5.74, 6) is -0.763. The molecule has 92 valence electrons. The molecular formula is C8H16IN5O2. The Bertz CT molecular complexity index is 278. The number of hydrogen-bond donors (Lipinski definition) is 4. The van der Waals surface area contributed by atoms with Gasteiger partial charge in [0.25, 0.3) is 0 Å². The first-order chi connectivity index (χ1) is 7.47. The van der Waals surface area contributed by atoms with Crippen molar-refractivity contribution in [1.29, 1.82) is 0 Å². The highest BCUT2D eigenvalue weighted by atomic mass is 127. The van der Waals surface area contributed by atoms with Gasteiger partial charge in [0, 0.05) is 6.54 Å². The molecular weight excluding hydrogens is 325 g/mol. The van der Waals surface area contributed by atoms with Crippen LogP contribution in [-0.4, -0.2) is 34.8 Å². The van der Waals surface area contributed by atoms with Gasteiger partial charge in [0.2, 0.25) is 11.8 Å². The third kappa shape index (κ3) is 7.26. The van der Waals surface area contributed by atoms with Crippen LogP contribution in [0.3, 0.4) is 0 Å². The average Bonchev–Trinajstić information content (AvgIpc) is 2.21. The number of hydrogen-bond acceptors (Lipinski definition) is 3. The topological polar surface area (TPSA) is 137 Å². The highest BCUT2D eigenvalue weighted by Crippen LogP contribution is 1.98. The van der Waals surface area contributed by atoms with Crippen LogP contribution in [0.5, 0.6) is 0 Å². The predicted molar refractivity (Wildman–Crippen MR) is 69.9 cm³/mol. The van der Waals surface area contributed by atoms with E-state index in [0.29, 0.717) is 19.4 Å². The van der Waals surface area contributed by atoms with Gasteiger partial charge in [-0.2, -0.15) is 0 Å². The van der Waals surface area contributed by atoms with E-state index in [4.69, 9.17) is 17.2 Å². The smallest absolute Gasteiger partial charge is 0.240 e. The summed E-state index contributed by atoms with van der Waals surface area (Å²) in [6, 6.07) is -0.656. The number of carbonyl (C=O) groups is 2. The van der Waals surface area contributed by atoms with E-state index in [1.54, 1.807) is 0 Å². The van der Waals surface area contributed by atoms with Crippen LogP contribution in [0.4, 0.5) is 0 Å². The van der Waals surface area contributed by atoms with Crippen molar-refractivity contribution in [3.63, 3.8) is 0 Å². The van der Waals surface area contributed by atoms with Crippen molar-refractivity contribution in [3.05, 3.63) is 0 Å². The van der Waals surface area contributed by atoms with Gasteiger partial charge in [0.05, 0.1) is 4.43 Å². The molecule has 0 saturated carbocycles. The number of alkyl halides is 1. The minimum atomic E-state index is -0.656. The predicted octanol–water partition coefficient (Wildman–Crippen LogP) is -1.55. The molecule has 0 radical (unpaired) electrons. The van der Waals surface area contributed by atoms with Gasteiger partial charge in [-0.1, -0.05) is 22.6 Å². The summed E-state index contributed by atoms with van der Waals surface area (Å²) in [6.07, 6.45) is 1.00. The Labute approximate surface area is 107 Å². The van der Waals surface area contributed by atoms with Crippen LogP contribution in [0.2, 0.25) is 0 Å². The average molecular weight is 341 g/mol. The number of rotatable bonds is 7. The molecule has 0 bridgehead atoms. The van der Waals surface area contributed by atoms with Crippen LogP contribution >= 0.6 is 22.6 Å². The molecule has 0 aliphatic carbocycles. The maximum Gasteiger partial charge on any atom is 0.240 e. The minimum absolute atomic E-state index is 0.00641. The van der Waals surface area contributed by atoms with Crippen LogP contribution in [0, 0.1) is 0 Å². The fraction of sp³-hybridized carbons (Fsp3) is 0.625. The zero-order valence-corrected chi connectivity index (χ0v) is 10.9. The molecule has 0 aromatic rings. The van der Waals surface area contributed by atoms with E-state index >= 15 is 0 Å². The van der Waals surface area contributed by atoms with Crippen molar-refractivity contribution < 1.29 is 9.59 Å². The number of nitrogens with zero attached hydrogens (tertiary/aromatic N) is 1. The molecule has 7 nitrogen and oxygen atoms in total. The van der Waals surface area contributed by atoms with Gasteiger partial charge in [0.1, 0.15) is 6.04 Å². The maximum atomic E-state index is 11.1. The van der Waals surface area contributed by atoms with Crippen LogP contribution in [-0.2, 0) is 9.59 Å². The van der Waals surface area contributed by atoms with Crippen molar-refractivity contribution in [2.45, 2.75) is 18.9 Å². The summed E-state index contributed by atoms with van der Waals surface area (Å²) in [6.45, 7) is 0.409. The molecule has 1 unspecified atom stereocenters. The lowest BCUT2D eigenvalue weighted by molar-refractivity contribution is -0.126. The van der Waals surface area contributed by atoms with Gasteiger partial charge in [-0.3, -0.25) is 14.6 Å². The van der Waals surface area contributed by atoms with E-state index < -0.39 is 11.9 Å². The third-order valence-electron chi connectivity index (χ3n) is 1.75. The summed E-state index contributed by atoms with van der Waals surface area (Å²) in [7, 11) is 0. The quantitative estimate of drug-likeness (QED) is 0.146. The van der Waals surface area contributed by atoms with Crippen LogP contribution in [0.25, 0.3) is 0 Å². The first kappa shape index (κ1) is 14.9. The standard InChI is InChI=1S/C8H16IN5O2/c9-4-6(15)14-5(7(10)16)2-1-3-13-8(11)12/h5H,1-4H2,(H2,10,16)(H,14,15)(H4,11,12,13). The summed E-state index contributed by atoms with van der Waals surface area (Å²) < 4.78 is 0.287. The number of nitrogens with two attached hydrogens (primary N) is 3. The number of nitrogens with one attached hydrogen (secondary N) is 1. The molecule has 0 saturated heterocycles. The van der Waals surface area contributed by atoms with E-state index in [-0.39, 0.29) is 16.3 Å². The third-order valence-corrected chi connectivity index (χ3v) is 2.44. The Hall–Kier alpha value is -1.06. The lowest BCUT2D eigenvalue weighted by atomic mass is 10.1. The molecule has 2 amide bonds. The first-order valence-electron chi connectivity index (χ1n) is 4.67. The van der Waals surface area contributed by atoms with E-state index in [1.807, 2.05) is 22.6 Å². The number of aliphatic imine (C=N–C) groups is 1. The fourth-order valence-electron chi connectivity index (χ4n) is 1.02. The van der Waals surface area contributed by atoms with E-state index in [1.165, 1.54) is 0 Å². The summed E-state index contributed by atoms with van der Waals surface area (Å²) >= 11 is 1.90. The number of guanidine groups is 1. The largest absolute Gasteiger partial charge is 0.370 e. The number of amides is 2. The van der Waals surface area contributed by atoms with Gasteiger partial charge in [0.15, 0.2) is 5.96 Å². The molecule has 0 heterocycles. The molecule has 0 aliphatic heterocycles. The molecule has 7 N–H and O–H groups in total. The van der Waals surface area contributed by atoms with Crippen molar-refractivity contribution in [3.8, 4) is 0 Å². The molecule has 0 fully saturated rings. The molecule has 0 aromatic carbocycles. The zero-order chi connectivity index (χ0) is 12.6. The van der Waals surface area contributed by atoms with Gasteiger partial charge in [-0.25, -0.2) is 0 Å². The Morgan fingerprint density at radius 1 is 1.31 bits per heavy atom. The maximum absolute atomic E-state index is 11.1. The van der Waals surface area contributed by atoms with E-state index in [9.17, 15) is 9.59 Å².